The topological polar surface area (TPSA) is 62.9 Å². The molecule has 0 aliphatic rings. The summed E-state index contributed by atoms with van der Waals surface area (Å²) < 4.78 is 45.6. The molecule has 5 nitrogen and oxygen atoms in total. The summed E-state index contributed by atoms with van der Waals surface area (Å²) in [4.78, 5) is 0.149. The second kappa shape index (κ2) is 8.73. The van der Waals surface area contributed by atoms with Crippen molar-refractivity contribution in [2.45, 2.75) is 32.1 Å². The molecule has 1 atom stereocenters. The van der Waals surface area contributed by atoms with Gasteiger partial charge in [0.15, 0.2) is 0 Å². The Morgan fingerprint density at radius 1 is 1.26 bits per heavy atom. The quantitative estimate of drug-likeness (QED) is 0.496. The number of ether oxygens (including phenoxy) is 1. The van der Waals surface area contributed by atoms with Crippen molar-refractivity contribution >= 4 is 39.7 Å². The molecular formula is C21H18ClF3N4OS. The highest BCUT2D eigenvalue weighted by Gasteiger charge is 2.31. The molecule has 2 aromatic carbocycles. The second-order valence-corrected chi connectivity index (χ2v) is 7.88. The molecule has 3 aromatic rings. The molecular weight excluding hydrogens is 449 g/mol. The molecule has 1 N–H and O–H groups in total. The summed E-state index contributed by atoms with van der Waals surface area (Å²) >= 11 is 11.4. The number of thiocarbonyl (C=S) groups is 1. The fourth-order valence-electron chi connectivity index (χ4n) is 3.01. The molecule has 3 rings (SSSR count). The number of nitrogens with zero attached hydrogens (tertiary/aromatic N) is 3. The lowest BCUT2D eigenvalue weighted by Gasteiger charge is -2.25. The molecule has 10 heteroatoms. The van der Waals surface area contributed by atoms with Crippen molar-refractivity contribution in [2.24, 2.45) is 0 Å². The molecule has 1 aromatic heterocycles. The van der Waals surface area contributed by atoms with Gasteiger partial charge in [0, 0.05) is 10.6 Å². The van der Waals surface area contributed by atoms with Crippen molar-refractivity contribution in [3.63, 3.8) is 0 Å². The maximum atomic E-state index is 12.8. The molecule has 0 spiro atoms. The second-order valence-electron chi connectivity index (χ2n) is 7.03. The summed E-state index contributed by atoms with van der Waals surface area (Å²) in [5, 5.41) is 18.5. The number of fused-ring (bicyclic) bond motifs is 1. The molecule has 1 heterocycles. The predicted molar refractivity (Wildman–Crippen MR) is 116 cm³/mol. The third-order valence-corrected chi connectivity index (χ3v) is 5.08. The van der Waals surface area contributed by atoms with Crippen LogP contribution < -0.4 is 10.1 Å². The SMILES string of the molecule is CCOc1c2ccc(Cl)cc2nn1CC(C)(C#N)NC(=S)c1ccc(C(F)(F)F)cc1. The number of rotatable bonds is 6. The fraction of sp³-hybridized carbons (Fsp3) is 0.286. The lowest BCUT2D eigenvalue weighted by atomic mass is 10.0. The van der Waals surface area contributed by atoms with Crippen LogP contribution >= 0.6 is 23.8 Å². The monoisotopic (exact) mass is 466 g/mol. The fourth-order valence-corrected chi connectivity index (χ4v) is 3.54. The van der Waals surface area contributed by atoms with E-state index in [0.29, 0.717) is 28.6 Å². The van der Waals surface area contributed by atoms with Crippen molar-refractivity contribution in [1.82, 2.24) is 15.1 Å². The predicted octanol–water partition coefficient (Wildman–Crippen LogP) is 5.35. The number of halogens is 4. The van der Waals surface area contributed by atoms with Gasteiger partial charge in [-0.3, -0.25) is 0 Å². The van der Waals surface area contributed by atoms with Gasteiger partial charge in [0.1, 0.15) is 10.5 Å². The maximum Gasteiger partial charge on any atom is 0.416 e. The van der Waals surface area contributed by atoms with Crippen LogP contribution in [0.25, 0.3) is 10.9 Å². The zero-order valence-electron chi connectivity index (χ0n) is 16.6. The summed E-state index contributed by atoms with van der Waals surface area (Å²) in [5.41, 5.74) is -1.00. The minimum absolute atomic E-state index is 0.0753. The number of alkyl halides is 3. The third kappa shape index (κ3) is 5.09. The molecule has 0 aliphatic heterocycles. The number of nitrogens with one attached hydrogen (secondary N) is 1. The highest BCUT2D eigenvalue weighted by atomic mass is 35.5. The summed E-state index contributed by atoms with van der Waals surface area (Å²) in [6.45, 7) is 3.93. The van der Waals surface area contributed by atoms with Crippen LogP contribution in [0.1, 0.15) is 25.0 Å². The highest BCUT2D eigenvalue weighted by molar-refractivity contribution is 7.80. The van der Waals surface area contributed by atoms with Gasteiger partial charge in [-0.05, 0) is 44.2 Å². The number of hydrogen-bond acceptors (Lipinski definition) is 4. The van der Waals surface area contributed by atoms with Gasteiger partial charge in [-0.15, -0.1) is 0 Å². The Balaban J connectivity index is 1.86. The van der Waals surface area contributed by atoms with E-state index in [1.54, 1.807) is 29.8 Å². The van der Waals surface area contributed by atoms with E-state index in [2.05, 4.69) is 16.5 Å². The Hall–Kier alpha value is -2.83. The van der Waals surface area contributed by atoms with E-state index in [9.17, 15) is 18.4 Å². The molecule has 0 amide bonds. The minimum Gasteiger partial charge on any atom is -0.478 e. The van der Waals surface area contributed by atoms with Crippen LogP contribution in [0.4, 0.5) is 13.2 Å². The van der Waals surface area contributed by atoms with Crippen molar-refractivity contribution in [3.05, 3.63) is 58.6 Å². The molecule has 31 heavy (non-hydrogen) atoms. The summed E-state index contributed by atoms with van der Waals surface area (Å²) in [6, 6.07) is 11.8. The van der Waals surface area contributed by atoms with Crippen LogP contribution in [0.5, 0.6) is 5.88 Å². The van der Waals surface area contributed by atoms with E-state index in [4.69, 9.17) is 28.6 Å². The Morgan fingerprint density at radius 3 is 2.52 bits per heavy atom. The molecule has 0 radical (unpaired) electrons. The van der Waals surface area contributed by atoms with E-state index in [0.717, 1.165) is 17.5 Å². The van der Waals surface area contributed by atoms with Gasteiger partial charge < -0.3 is 10.1 Å². The van der Waals surface area contributed by atoms with Gasteiger partial charge in [-0.25, -0.2) is 4.68 Å². The van der Waals surface area contributed by atoms with E-state index in [1.807, 2.05) is 6.92 Å². The summed E-state index contributed by atoms with van der Waals surface area (Å²) in [7, 11) is 0. The van der Waals surface area contributed by atoms with Crippen LogP contribution in [-0.2, 0) is 12.7 Å². The van der Waals surface area contributed by atoms with Gasteiger partial charge >= 0.3 is 6.18 Å². The Labute approximate surface area is 187 Å². The Kier molecular flexibility index (Phi) is 6.43. The van der Waals surface area contributed by atoms with Crippen LogP contribution in [0.2, 0.25) is 5.02 Å². The summed E-state index contributed by atoms with van der Waals surface area (Å²) in [5.74, 6) is 0.484. The first kappa shape index (κ1) is 22.8. The first-order valence-electron chi connectivity index (χ1n) is 9.26. The number of aromatic nitrogens is 2. The van der Waals surface area contributed by atoms with Crippen LogP contribution in [0.3, 0.4) is 0 Å². The Bertz CT molecular complexity index is 1150. The maximum absolute atomic E-state index is 12.8. The molecule has 0 saturated carbocycles. The minimum atomic E-state index is -4.44. The van der Waals surface area contributed by atoms with Crippen molar-refractivity contribution in [2.75, 3.05) is 6.61 Å². The van der Waals surface area contributed by atoms with Crippen LogP contribution in [0.15, 0.2) is 42.5 Å². The van der Waals surface area contributed by atoms with Crippen LogP contribution in [0, 0.1) is 11.3 Å². The van der Waals surface area contributed by atoms with Gasteiger partial charge in [0.05, 0.1) is 35.7 Å². The lowest BCUT2D eigenvalue weighted by molar-refractivity contribution is -0.137. The normalized spacial score (nSPS) is 13.5. The van der Waals surface area contributed by atoms with Gasteiger partial charge in [-0.2, -0.15) is 23.5 Å². The van der Waals surface area contributed by atoms with Crippen molar-refractivity contribution in [1.29, 1.82) is 5.26 Å². The molecule has 0 aliphatic carbocycles. The van der Waals surface area contributed by atoms with Crippen LogP contribution in [-0.4, -0.2) is 26.9 Å². The molecule has 162 valence electrons. The van der Waals surface area contributed by atoms with Crippen molar-refractivity contribution < 1.29 is 17.9 Å². The average Bonchev–Trinajstić information content (AvgIpc) is 3.03. The third-order valence-electron chi connectivity index (χ3n) is 4.51. The van der Waals surface area contributed by atoms with E-state index in [-0.39, 0.29) is 11.5 Å². The van der Waals surface area contributed by atoms with Gasteiger partial charge in [-0.1, -0.05) is 36.0 Å². The standard InChI is InChI=1S/C21H18ClF3N4OS/c1-3-30-19-16-9-8-15(22)10-17(16)28-29(19)12-20(2,11-26)27-18(31)13-4-6-14(7-5-13)21(23,24)25/h4-10H,3,12H2,1-2H3,(H,27,31). The van der Waals surface area contributed by atoms with E-state index in [1.165, 1.54) is 12.1 Å². The zero-order chi connectivity index (χ0) is 22.8. The smallest absolute Gasteiger partial charge is 0.416 e. The average molecular weight is 467 g/mol. The van der Waals surface area contributed by atoms with E-state index >= 15 is 0 Å². The largest absolute Gasteiger partial charge is 0.478 e. The molecule has 0 saturated heterocycles. The zero-order valence-corrected chi connectivity index (χ0v) is 18.2. The first-order chi connectivity index (χ1) is 14.6. The number of nitriles is 1. The van der Waals surface area contributed by atoms with Gasteiger partial charge in [0.2, 0.25) is 5.88 Å². The van der Waals surface area contributed by atoms with E-state index < -0.39 is 17.3 Å². The molecule has 0 bridgehead atoms. The molecule has 0 fully saturated rings. The van der Waals surface area contributed by atoms with Crippen molar-refractivity contribution in [3.8, 4) is 11.9 Å². The number of hydrogen-bond donors (Lipinski definition) is 1. The Morgan fingerprint density at radius 2 is 1.94 bits per heavy atom. The molecule has 1 unspecified atom stereocenters. The highest BCUT2D eigenvalue weighted by Crippen LogP contribution is 2.30. The lowest BCUT2D eigenvalue weighted by Crippen LogP contribution is -2.47. The first-order valence-corrected chi connectivity index (χ1v) is 10.0. The summed E-state index contributed by atoms with van der Waals surface area (Å²) in [6.07, 6.45) is -4.44. The van der Waals surface area contributed by atoms with Gasteiger partial charge in [0.25, 0.3) is 0 Å². The number of benzene rings is 2.